The first kappa shape index (κ1) is 15.2. The molecule has 0 saturated heterocycles. The van der Waals surface area contributed by atoms with Gasteiger partial charge in [0.05, 0.1) is 0 Å². The molecule has 1 atom stereocenters. The molecule has 1 aromatic rings. The number of carbonyl (C=O) groups excluding carboxylic acids is 1. The molecule has 104 valence electrons. The van der Waals surface area contributed by atoms with Crippen LogP contribution in [-0.4, -0.2) is 23.0 Å². The minimum atomic E-state index is -1.01. The van der Waals surface area contributed by atoms with Crippen LogP contribution in [0.15, 0.2) is 30.3 Å². The monoisotopic (exact) mass is 263 g/mol. The average molecular weight is 263 g/mol. The van der Waals surface area contributed by atoms with Gasteiger partial charge in [-0.2, -0.15) is 0 Å². The molecule has 0 heterocycles. The lowest BCUT2D eigenvalue weighted by molar-refractivity contribution is -0.143. The van der Waals surface area contributed by atoms with Crippen LogP contribution in [0.2, 0.25) is 0 Å². The number of rotatable bonds is 6. The van der Waals surface area contributed by atoms with E-state index in [9.17, 15) is 14.7 Å². The number of amides is 1. The van der Waals surface area contributed by atoms with Gasteiger partial charge in [-0.1, -0.05) is 51.1 Å². The molecule has 0 aliphatic heterocycles. The molecule has 0 bridgehead atoms. The van der Waals surface area contributed by atoms with Crippen molar-refractivity contribution in [3.63, 3.8) is 0 Å². The van der Waals surface area contributed by atoms with E-state index in [1.807, 2.05) is 51.1 Å². The van der Waals surface area contributed by atoms with Gasteiger partial charge in [0.1, 0.15) is 6.04 Å². The van der Waals surface area contributed by atoms with Gasteiger partial charge in [-0.3, -0.25) is 4.79 Å². The SMILES string of the molecule is CCC(C)(C)C(=O)NC(Cc1ccccc1)C(=O)O. The summed E-state index contributed by atoms with van der Waals surface area (Å²) in [5.41, 5.74) is 0.342. The molecule has 1 aromatic carbocycles. The molecule has 4 nitrogen and oxygen atoms in total. The molecule has 0 aliphatic carbocycles. The Kier molecular flexibility index (Phi) is 5.10. The first-order chi connectivity index (χ1) is 8.86. The summed E-state index contributed by atoms with van der Waals surface area (Å²) < 4.78 is 0. The number of aliphatic carboxylic acids is 1. The van der Waals surface area contributed by atoms with Crippen LogP contribution in [0.5, 0.6) is 0 Å². The van der Waals surface area contributed by atoms with Gasteiger partial charge in [-0.05, 0) is 12.0 Å². The fourth-order valence-corrected chi connectivity index (χ4v) is 1.56. The van der Waals surface area contributed by atoms with Gasteiger partial charge in [-0.15, -0.1) is 0 Å². The first-order valence-corrected chi connectivity index (χ1v) is 6.44. The third-order valence-corrected chi connectivity index (χ3v) is 3.38. The fraction of sp³-hybridized carbons (Fsp3) is 0.467. The Balaban J connectivity index is 2.75. The molecule has 0 saturated carbocycles. The van der Waals surface area contributed by atoms with Crippen molar-refractivity contribution in [2.75, 3.05) is 0 Å². The zero-order chi connectivity index (χ0) is 14.5. The van der Waals surface area contributed by atoms with Crippen molar-refractivity contribution in [1.82, 2.24) is 5.32 Å². The highest BCUT2D eigenvalue weighted by Crippen LogP contribution is 2.20. The van der Waals surface area contributed by atoms with Gasteiger partial charge >= 0.3 is 5.97 Å². The highest BCUT2D eigenvalue weighted by atomic mass is 16.4. The Labute approximate surface area is 113 Å². The minimum absolute atomic E-state index is 0.224. The van der Waals surface area contributed by atoms with Crippen LogP contribution in [0.1, 0.15) is 32.8 Å². The zero-order valence-electron chi connectivity index (χ0n) is 11.6. The minimum Gasteiger partial charge on any atom is -0.480 e. The second-order valence-corrected chi connectivity index (χ2v) is 5.29. The zero-order valence-corrected chi connectivity index (χ0v) is 11.6. The van der Waals surface area contributed by atoms with E-state index in [0.29, 0.717) is 12.8 Å². The summed E-state index contributed by atoms with van der Waals surface area (Å²) >= 11 is 0. The Morgan fingerprint density at radius 3 is 2.32 bits per heavy atom. The third kappa shape index (κ3) is 4.39. The molecule has 1 amide bonds. The molecular formula is C15H21NO3. The van der Waals surface area contributed by atoms with Gasteiger partial charge < -0.3 is 10.4 Å². The second-order valence-electron chi connectivity index (χ2n) is 5.29. The summed E-state index contributed by atoms with van der Waals surface area (Å²) in [6.07, 6.45) is 0.957. The molecule has 0 aromatic heterocycles. The third-order valence-electron chi connectivity index (χ3n) is 3.38. The van der Waals surface area contributed by atoms with E-state index in [4.69, 9.17) is 0 Å². The lowest BCUT2D eigenvalue weighted by Gasteiger charge is -2.24. The smallest absolute Gasteiger partial charge is 0.326 e. The van der Waals surface area contributed by atoms with Gasteiger partial charge in [0.25, 0.3) is 0 Å². The molecule has 1 unspecified atom stereocenters. The second kappa shape index (κ2) is 6.36. The normalized spacial score (nSPS) is 12.8. The highest BCUT2D eigenvalue weighted by Gasteiger charge is 2.29. The van der Waals surface area contributed by atoms with E-state index in [0.717, 1.165) is 5.56 Å². The van der Waals surface area contributed by atoms with Gasteiger partial charge in [0.2, 0.25) is 5.91 Å². The lowest BCUT2D eigenvalue weighted by Crippen LogP contribution is -2.47. The Morgan fingerprint density at radius 2 is 1.84 bits per heavy atom. The van der Waals surface area contributed by atoms with E-state index in [1.165, 1.54) is 0 Å². The van der Waals surface area contributed by atoms with Crippen LogP contribution in [-0.2, 0) is 16.0 Å². The Bertz CT molecular complexity index is 440. The summed E-state index contributed by atoms with van der Waals surface area (Å²) in [5.74, 6) is -1.23. The van der Waals surface area contributed by atoms with Gasteiger partial charge in [-0.25, -0.2) is 4.79 Å². The molecule has 0 radical (unpaired) electrons. The number of benzene rings is 1. The molecule has 0 aliphatic rings. The number of nitrogens with one attached hydrogen (secondary N) is 1. The fourth-order valence-electron chi connectivity index (χ4n) is 1.56. The Morgan fingerprint density at radius 1 is 1.26 bits per heavy atom. The number of carboxylic acids is 1. The molecule has 2 N–H and O–H groups in total. The van der Waals surface area contributed by atoms with Crippen molar-refractivity contribution >= 4 is 11.9 Å². The number of carboxylic acid groups (broad SMARTS) is 1. The van der Waals surface area contributed by atoms with Crippen LogP contribution >= 0.6 is 0 Å². The molecular weight excluding hydrogens is 242 g/mol. The predicted octanol–water partition coefficient (Wildman–Crippen LogP) is 2.23. The lowest BCUT2D eigenvalue weighted by atomic mass is 9.88. The maximum absolute atomic E-state index is 12.0. The quantitative estimate of drug-likeness (QED) is 0.827. The molecule has 1 rings (SSSR count). The van der Waals surface area contributed by atoms with Crippen molar-refractivity contribution in [2.45, 2.75) is 39.7 Å². The van der Waals surface area contributed by atoms with E-state index in [1.54, 1.807) is 0 Å². The topological polar surface area (TPSA) is 66.4 Å². The van der Waals surface area contributed by atoms with Crippen LogP contribution in [0, 0.1) is 5.41 Å². The van der Waals surface area contributed by atoms with Crippen molar-refractivity contribution in [2.24, 2.45) is 5.41 Å². The molecule has 19 heavy (non-hydrogen) atoms. The maximum atomic E-state index is 12.0. The summed E-state index contributed by atoms with van der Waals surface area (Å²) in [6.45, 7) is 5.53. The van der Waals surface area contributed by atoms with Crippen molar-refractivity contribution < 1.29 is 14.7 Å². The summed E-state index contributed by atoms with van der Waals surface area (Å²) in [7, 11) is 0. The van der Waals surface area contributed by atoms with E-state index in [2.05, 4.69) is 5.32 Å². The molecule has 0 spiro atoms. The van der Waals surface area contributed by atoms with Gasteiger partial charge in [0, 0.05) is 11.8 Å². The van der Waals surface area contributed by atoms with Crippen molar-refractivity contribution in [3.8, 4) is 0 Å². The van der Waals surface area contributed by atoms with Gasteiger partial charge in [0.15, 0.2) is 0 Å². The number of hydrogen-bond acceptors (Lipinski definition) is 2. The van der Waals surface area contributed by atoms with Crippen LogP contribution < -0.4 is 5.32 Å². The first-order valence-electron chi connectivity index (χ1n) is 6.44. The molecule has 0 fully saturated rings. The van der Waals surface area contributed by atoms with Crippen molar-refractivity contribution in [1.29, 1.82) is 0 Å². The number of hydrogen-bond donors (Lipinski definition) is 2. The van der Waals surface area contributed by atoms with E-state index >= 15 is 0 Å². The summed E-state index contributed by atoms with van der Waals surface area (Å²) in [6, 6.07) is 8.40. The standard InChI is InChI=1S/C15H21NO3/c1-4-15(2,3)14(19)16-12(13(17)18)10-11-8-6-5-7-9-11/h5-9,12H,4,10H2,1-3H3,(H,16,19)(H,17,18). The molecule has 4 heteroatoms. The van der Waals surface area contributed by atoms with Crippen LogP contribution in [0.3, 0.4) is 0 Å². The van der Waals surface area contributed by atoms with Crippen molar-refractivity contribution in [3.05, 3.63) is 35.9 Å². The predicted molar refractivity (Wildman–Crippen MR) is 73.8 cm³/mol. The van der Waals surface area contributed by atoms with Crippen LogP contribution in [0.4, 0.5) is 0 Å². The van der Waals surface area contributed by atoms with Crippen LogP contribution in [0.25, 0.3) is 0 Å². The summed E-state index contributed by atoms with van der Waals surface area (Å²) in [4.78, 5) is 23.3. The largest absolute Gasteiger partial charge is 0.480 e. The number of carbonyl (C=O) groups is 2. The Hall–Kier alpha value is -1.84. The highest BCUT2D eigenvalue weighted by molar-refractivity contribution is 5.87. The van der Waals surface area contributed by atoms with E-state index < -0.39 is 17.4 Å². The average Bonchev–Trinajstić information content (AvgIpc) is 2.38. The summed E-state index contributed by atoms with van der Waals surface area (Å²) in [5, 5.41) is 11.8. The maximum Gasteiger partial charge on any atom is 0.326 e. The van der Waals surface area contributed by atoms with E-state index in [-0.39, 0.29) is 5.91 Å².